The van der Waals surface area contributed by atoms with Gasteiger partial charge in [0.15, 0.2) is 4.80 Å². The van der Waals surface area contributed by atoms with Crippen molar-refractivity contribution < 1.29 is 22.7 Å². The molecule has 3 aromatic rings. The number of hydrogen-bond donors (Lipinski definition) is 0. The predicted octanol–water partition coefficient (Wildman–Crippen LogP) is 3.03. The third kappa shape index (κ3) is 4.96. The molecule has 3 heterocycles. The average Bonchev–Trinajstić information content (AvgIpc) is 3.48. The molecule has 1 fully saturated rings. The zero-order chi connectivity index (χ0) is 23.6. The molecule has 1 aromatic carbocycles. The molecule has 1 aliphatic rings. The van der Waals surface area contributed by atoms with Gasteiger partial charge in [-0.1, -0.05) is 30.4 Å². The molecule has 0 N–H and O–H groups in total. The number of nitrogens with zero attached hydrogens (tertiary/aromatic N) is 3. The van der Waals surface area contributed by atoms with Gasteiger partial charge in [-0.05, 0) is 48.4 Å². The Morgan fingerprint density at radius 2 is 1.97 bits per heavy atom. The van der Waals surface area contributed by atoms with Crippen molar-refractivity contribution in [2.45, 2.75) is 36.9 Å². The van der Waals surface area contributed by atoms with Crippen LogP contribution in [0, 0.1) is 5.92 Å². The summed E-state index contributed by atoms with van der Waals surface area (Å²) in [5, 5.41) is 1.74. The van der Waals surface area contributed by atoms with Gasteiger partial charge in [0, 0.05) is 19.0 Å². The minimum atomic E-state index is -3.52. The van der Waals surface area contributed by atoms with Gasteiger partial charge in [0.05, 0.1) is 17.3 Å². The number of amides is 1. The molecule has 0 saturated carbocycles. The first-order valence-electron chi connectivity index (χ1n) is 10.6. The van der Waals surface area contributed by atoms with Crippen molar-refractivity contribution in [2.75, 3.05) is 20.2 Å². The van der Waals surface area contributed by atoms with Crippen LogP contribution in [0.1, 0.15) is 25.3 Å². The molecule has 8 nitrogen and oxygen atoms in total. The van der Waals surface area contributed by atoms with Crippen LogP contribution in [0.5, 0.6) is 0 Å². The highest BCUT2D eigenvalue weighted by molar-refractivity contribution is 7.91. The van der Waals surface area contributed by atoms with E-state index < -0.39 is 16.0 Å². The molecule has 4 rings (SSSR count). The molecule has 1 amide bonds. The lowest BCUT2D eigenvalue weighted by molar-refractivity contribution is -0.141. The topological polar surface area (TPSA) is 98.0 Å². The fourth-order valence-electron chi connectivity index (χ4n) is 3.84. The first-order valence-corrected chi connectivity index (χ1v) is 13.8. The van der Waals surface area contributed by atoms with Crippen molar-refractivity contribution in [3.63, 3.8) is 0 Å². The van der Waals surface area contributed by atoms with E-state index in [0.717, 1.165) is 22.2 Å². The molecule has 0 radical (unpaired) electrons. The molecule has 176 valence electrons. The third-order valence-corrected chi connectivity index (χ3v) is 10.1. The molecular weight excluding hydrogens is 482 g/mol. The van der Waals surface area contributed by atoms with Crippen LogP contribution in [0.4, 0.5) is 0 Å². The predicted molar refractivity (Wildman–Crippen MR) is 128 cm³/mol. The molecule has 11 heteroatoms. The van der Waals surface area contributed by atoms with E-state index in [1.165, 1.54) is 34.1 Å². The van der Waals surface area contributed by atoms with E-state index in [9.17, 15) is 18.0 Å². The first-order chi connectivity index (χ1) is 15.8. The van der Waals surface area contributed by atoms with E-state index in [4.69, 9.17) is 4.74 Å². The van der Waals surface area contributed by atoms with Crippen LogP contribution in [0.25, 0.3) is 10.2 Å². The molecule has 2 aromatic heterocycles. The molecular formula is C22H25N3O5S3. The van der Waals surface area contributed by atoms with Gasteiger partial charge >= 0.3 is 5.97 Å². The van der Waals surface area contributed by atoms with Gasteiger partial charge in [-0.2, -0.15) is 9.30 Å². The maximum atomic E-state index is 13.0. The number of aryl methyl sites for hydroxylation is 1. The number of methoxy groups -OCH3 is 1. The minimum absolute atomic E-state index is 0.0361. The fourth-order valence-corrected chi connectivity index (χ4v) is 7.55. The van der Waals surface area contributed by atoms with Crippen LogP contribution >= 0.6 is 22.7 Å². The normalized spacial score (nSPS) is 16.4. The maximum absolute atomic E-state index is 13.0. The zero-order valence-corrected chi connectivity index (χ0v) is 20.8. The highest BCUT2D eigenvalue weighted by atomic mass is 32.2. The number of carbonyl (C=O) groups is 2. The lowest BCUT2D eigenvalue weighted by atomic mass is 9.98. The second-order valence-corrected chi connectivity index (χ2v) is 11.9. The second-order valence-electron chi connectivity index (χ2n) is 7.76. The van der Waals surface area contributed by atoms with Crippen molar-refractivity contribution in [1.29, 1.82) is 0 Å². The van der Waals surface area contributed by atoms with Crippen LogP contribution in [0.15, 0.2) is 44.9 Å². The third-order valence-electron chi connectivity index (χ3n) is 5.77. The highest BCUT2D eigenvalue weighted by Crippen LogP contribution is 2.27. The summed E-state index contributed by atoms with van der Waals surface area (Å²) in [6.45, 7) is 2.59. The number of carbonyl (C=O) groups excluding carboxylic acids is 2. The number of sulfonamides is 1. The first kappa shape index (κ1) is 23.8. The van der Waals surface area contributed by atoms with Gasteiger partial charge in [-0.25, -0.2) is 8.42 Å². The molecule has 0 atom stereocenters. The van der Waals surface area contributed by atoms with Crippen molar-refractivity contribution in [1.82, 2.24) is 8.87 Å². The number of thiophene rings is 1. The Hall–Kier alpha value is -2.34. The van der Waals surface area contributed by atoms with Crippen molar-refractivity contribution in [3.05, 3.63) is 46.1 Å². The standard InChI is InChI=1S/C22H25N3O5S3/c1-3-15-6-7-17-18(13-15)32-22(25(17)14-19(26)30-2)23-21(27)16-8-10-24(11-9-16)33(28,29)20-5-4-12-31-20/h4-7,12-13,16H,3,8-11,14H2,1-2H3. The number of rotatable bonds is 6. The van der Waals surface area contributed by atoms with E-state index in [1.807, 2.05) is 18.2 Å². The van der Waals surface area contributed by atoms with E-state index in [1.54, 1.807) is 22.1 Å². The number of ether oxygens (including phenoxy) is 1. The molecule has 1 aliphatic heterocycles. The average molecular weight is 508 g/mol. The Balaban J connectivity index is 1.57. The summed E-state index contributed by atoms with van der Waals surface area (Å²) in [6.07, 6.45) is 1.70. The van der Waals surface area contributed by atoms with Crippen molar-refractivity contribution >= 4 is 54.8 Å². The van der Waals surface area contributed by atoms with Crippen LogP contribution in [0.2, 0.25) is 0 Å². The fraction of sp³-hybridized carbons (Fsp3) is 0.409. The Morgan fingerprint density at radius 1 is 1.21 bits per heavy atom. The van der Waals surface area contributed by atoms with Gasteiger partial charge < -0.3 is 9.30 Å². The smallest absolute Gasteiger partial charge is 0.325 e. The Labute approximate surface area is 200 Å². The SMILES string of the molecule is CCc1ccc2c(c1)sc(=NC(=O)C1CCN(S(=O)(=O)c3cccs3)CC1)n2CC(=O)OC. The Kier molecular flexibility index (Phi) is 7.13. The van der Waals surface area contributed by atoms with E-state index >= 15 is 0 Å². The quantitative estimate of drug-likeness (QED) is 0.478. The molecule has 1 saturated heterocycles. The van der Waals surface area contributed by atoms with Gasteiger partial charge in [-0.3, -0.25) is 9.59 Å². The number of esters is 1. The van der Waals surface area contributed by atoms with Crippen molar-refractivity contribution in [2.24, 2.45) is 10.9 Å². The number of hydrogen-bond acceptors (Lipinski definition) is 7. The second kappa shape index (κ2) is 9.88. The maximum Gasteiger partial charge on any atom is 0.325 e. The van der Waals surface area contributed by atoms with E-state index in [-0.39, 0.29) is 31.5 Å². The summed E-state index contributed by atoms with van der Waals surface area (Å²) in [4.78, 5) is 29.8. The zero-order valence-electron chi connectivity index (χ0n) is 18.4. The molecule has 0 spiro atoms. The highest BCUT2D eigenvalue weighted by Gasteiger charge is 2.32. The summed E-state index contributed by atoms with van der Waals surface area (Å²) in [6, 6.07) is 9.29. The number of aromatic nitrogens is 1. The summed E-state index contributed by atoms with van der Waals surface area (Å²) < 4.78 is 34.7. The van der Waals surface area contributed by atoms with Crippen LogP contribution in [-0.2, 0) is 37.3 Å². The molecule has 33 heavy (non-hydrogen) atoms. The van der Waals surface area contributed by atoms with Crippen LogP contribution in [0.3, 0.4) is 0 Å². The monoisotopic (exact) mass is 507 g/mol. The Morgan fingerprint density at radius 3 is 2.61 bits per heavy atom. The largest absolute Gasteiger partial charge is 0.468 e. The van der Waals surface area contributed by atoms with Crippen LogP contribution in [-0.4, -0.2) is 49.4 Å². The summed E-state index contributed by atoms with van der Waals surface area (Å²) in [5.74, 6) is -1.07. The van der Waals surface area contributed by atoms with E-state index in [0.29, 0.717) is 21.9 Å². The lowest BCUT2D eigenvalue weighted by Crippen LogP contribution is -2.40. The number of benzene rings is 1. The summed E-state index contributed by atoms with van der Waals surface area (Å²) in [7, 11) is -2.19. The van der Waals surface area contributed by atoms with Gasteiger partial charge in [0.2, 0.25) is 0 Å². The molecule has 0 unspecified atom stereocenters. The summed E-state index contributed by atoms with van der Waals surface area (Å²) in [5.41, 5.74) is 1.98. The lowest BCUT2D eigenvalue weighted by Gasteiger charge is -2.29. The van der Waals surface area contributed by atoms with Gasteiger partial charge in [0.1, 0.15) is 10.8 Å². The van der Waals surface area contributed by atoms with Crippen LogP contribution < -0.4 is 4.80 Å². The molecule has 0 bridgehead atoms. The molecule has 0 aliphatic carbocycles. The number of fused-ring (bicyclic) bond motifs is 1. The number of thiazole rings is 1. The summed E-state index contributed by atoms with van der Waals surface area (Å²) >= 11 is 2.55. The van der Waals surface area contributed by atoms with E-state index in [2.05, 4.69) is 11.9 Å². The van der Waals surface area contributed by atoms with Gasteiger partial charge in [-0.15, -0.1) is 11.3 Å². The Bertz CT molecular complexity index is 1330. The number of piperidine rings is 1. The van der Waals surface area contributed by atoms with Crippen molar-refractivity contribution in [3.8, 4) is 0 Å². The minimum Gasteiger partial charge on any atom is -0.468 e. The van der Waals surface area contributed by atoms with Gasteiger partial charge in [0.25, 0.3) is 15.9 Å².